The average Bonchev–Trinajstić information content (AvgIpc) is 3.60. The predicted molar refractivity (Wildman–Crippen MR) is 212 cm³/mol. The van der Waals surface area contributed by atoms with Gasteiger partial charge in [-0.15, -0.1) is 0 Å². The van der Waals surface area contributed by atoms with Crippen LogP contribution in [0, 0.1) is 37.5 Å². The molecular weight excluding hydrogens is 724 g/mol. The highest BCUT2D eigenvalue weighted by Crippen LogP contribution is 2.64. The van der Waals surface area contributed by atoms with Crippen molar-refractivity contribution in [2.45, 2.75) is 38.0 Å². The highest BCUT2D eigenvalue weighted by molar-refractivity contribution is 6.32. The summed E-state index contributed by atoms with van der Waals surface area (Å²) in [7, 11) is 0. The van der Waals surface area contributed by atoms with E-state index in [1.165, 1.54) is 9.80 Å². The Morgan fingerprint density at radius 3 is 2.00 bits per heavy atom. The van der Waals surface area contributed by atoms with Crippen LogP contribution in [0.4, 0.5) is 11.4 Å². The third-order valence-corrected chi connectivity index (χ3v) is 12.7. The molecule has 4 amide bonds. The van der Waals surface area contributed by atoms with Crippen LogP contribution in [0.3, 0.4) is 0 Å². The Balaban J connectivity index is 1.18. The molecule has 0 bridgehead atoms. The summed E-state index contributed by atoms with van der Waals surface area (Å²) in [5.74, 6) is -5.15. The molecule has 9 heteroatoms. The quantitative estimate of drug-likeness (QED) is 0.106. The Kier molecular flexibility index (Phi) is 8.43. The molecule has 278 valence electrons. The Labute approximate surface area is 329 Å². The second kappa shape index (κ2) is 13.3. The van der Waals surface area contributed by atoms with Crippen molar-refractivity contribution in [1.29, 1.82) is 0 Å². The van der Waals surface area contributed by atoms with Gasteiger partial charge in [0.15, 0.2) is 5.78 Å². The van der Waals surface area contributed by atoms with Crippen molar-refractivity contribution >= 4 is 52.4 Å². The van der Waals surface area contributed by atoms with E-state index in [2.05, 4.69) is 0 Å². The lowest BCUT2D eigenvalue weighted by atomic mass is 9.49. The lowest BCUT2D eigenvalue weighted by Gasteiger charge is -2.51. The van der Waals surface area contributed by atoms with Crippen LogP contribution in [-0.2, 0) is 24.6 Å². The molecule has 5 aromatic carbocycles. The zero-order valence-electron chi connectivity index (χ0n) is 30.7. The number of halogens is 1. The molecule has 4 aliphatic rings. The van der Waals surface area contributed by atoms with Crippen LogP contribution < -0.4 is 9.80 Å². The van der Waals surface area contributed by atoms with Crippen molar-refractivity contribution in [1.82, 2.24) is 0 Å². The maximum absolute atomic E-state index is 15.5. The number of hydrogen-bond acceptors (Lipinski definition) is 6. The van der Waals surface area contributed by atoms with Crippen LogP contribution in [0.15, 0.2) is 133 Å². The first-order valence-corrected chi connectivity index (χ1v) is 19.2. The van der Waals surface area contributed by atoms with Gasteiger partial charge in [0.2, 0.25) is 23.6 Å². The molecule has 1 saturated carbocycles. The van der Waals surface area contributed by atoms with E-state index in [0.29, 0.717) is 44.2 Å². The van der Waals surface area contributed by atoms with Gasteiger partial charge in [-0.1, -0.05) is 102 Å². The Bertz CT molecular complexity index is 2490. The van der Waals surface area contributed by atoms with E-state index < -0.39 is 46.8 Å². The number of imide groups is 2. The van der Waals surface area contributed by atoms with Crippen LogP contribution >= 0.6 is 11.6 Å². The van der Waals surface area contributed by atoms with Gasteiger partial charge in [-0.3, -0.25) is 28.9 Å². The normalized spacial score (nSPS) is 25.5. The van der Waals surface area contributed by atoms with E-state index in [4.69, 9.17) is 11.6 Å². The Hall–Kier alpha value is -6.12. The first-order valence-electron chi connectivity index (χ1n) is 18.8. The highest BCUT2D eigenvalue weighted by atomic mass is 35.5. The zero-order valence-corrected chi connectivity index (χ0v) is 31.4. The molecule has 0 aromatic heterocycles. The second-order valence-electron chi connectivity index (χ2n) is 15.4. The maximum Gasteiger partial charge on any atom is 0.246 e. The predicted octanol–water partition coefficient (Wildman–Crippen LogP) is 8.26. The molecule has 6 atom stereocenters. The van der Waals surface area contributed by atoms with E-state index in [1.54, 1.807) is 86.6 Å². The van der Waals surface area contributed by atoms with Crippen molar-refractivity contribution in [3.05, 3.63) is 171 Å². The number of fused-ring (bicyclic) bond motifs is 4. The van der Waals surface area contributed by atoms with Gasteiger partial charge >= 0.3 is 0 Å². The number of amides is 4. The lowest BCUT2D eigenvalue weighted by Crippen LogP contribution is -2.53. The number of carbonyl (C=O) groups excluding carboxylic acids is 5. The number of rotatable bonds is 6. The van der Waals surface area contributed by atoms with Gasteiger partial charge in [-0.25, -0.2) is 4.90 Å². The molecule has 0 spiro atoms. The fourth-order valence-corrected chi connectivity index (χ4v) is 10.2. The van der Waals surface area contributed by atoms with E-state index >= 15 is 9.59 Å². The fraction of sp³-hybridized carbons (Fsp3) is 0.213. The van der Waals surface area contributed by atoms with Crippen molar-refractivity contribution in [3.63, 3.8) is 0 Å². The summed E-state index contributed by atoms with van der Waals surface area (Å²) in [6, 6.07) is 35.2. The van der Waals surface area contributed by atoms with E-state index in [9.17, 15) is 19.5 Å². The summed E-state index contributed by atoms with van der Waals surface area (Å²) in [5.41, 5.74) is 3.75. The Morgan fingerprint density at radius 2 is 1.34 bits per heavy atom. The third kappa shape index (κ3) is 5.15. The number of anilines is 2. The number of phenols is 1. The molecular formula is C47H37ClN2O6. The van der Waals surface area contributed by atoms with Gasteiger partial charge in [0, 0.05) is 22.1 Å². The molecule has 9 rings (SSSR count). The number of hydrogen-bond donors (Lipinski definition) is 1. The Morgan fingerprint density at radius 1 is 0.696 bits per heavy atom. The second-order valence-corrected chi connectivity index (χ2v) is 15.8. The largest absolute Gasteiger partial charge is 0.507 e. The van der Waals surface area contributed by atoms with Gasteiger partial charge in [-0.2, -0.15) is 0 Å². The minimum absolute atomic E-state index is 0.141. The molecule has 2 saturated heterocycles. The number of ketones is 1. The van der Waals surface area contributed by atoms with Gasteiger partial charge in [0.25, 0.3) is 0 Å². The topological polar surface area (TPSA) is 112 Å². The summed E-state index contributed by atoms with van der Waals surface area (Å²) >= 11 is 6.43. The van der Waals surface area contributed by atoms with Gasteiger partial charge in [0.05, 0.1) is 34.5 Å². The van der Waals surface area contributed by atoms with Crippen molar-refractivity contribution in [3.8, 4) is 5.75 Å². The number of aromatic hydroxyl groups is 1. The van der Waals surface area contributed by atoms with Gasteiger partial charge in [0.1, 0.15) is 5.75 Å². The van der Waals surface area contributed by atoms with Gasteiger partial charge < -0.3 is 5.11 Å². The standard InChI is InChI=1S/C47H37ClN2O6/c1-26-22-30(23-27(2)41(26)51)40-35-20-21-36-39(45(55)49(43(36)53)33-18-16-29(17-19-33)42(52)28-10-5-3-6-11-28)37(35)25-38-44(54)50(34-15-9-14-32(48)24-34)46(56)47(38,40)31-12-7-4-8-13-31/h3-20,22-24,36-40,51H,21,25H2,1-2H3/t36-,37+,38-,39-,40-,47+/m0/s1. The summed E-state index contributed by atoms with van der Waals surface area (Å²) in [6.45, 7) is 3.61. The van der Waals surface area contributed by atoms with Gasteiger partial charge in [-0.05, 0) is 97.3 Å². The molecule has 1 N–H and O–H groups in total. The molecule has 0 unspecified atom stereocenters. The number of nitrogens with zero attached hydrogens (tertiary/aromatic N) is 2. The third-order valence-electron chi connectivity index (χ3n) is 12.4. The molecule has 5 aromatic rings. The minimum atomic E-state index is -1.42. The van der Waals surface area contributed by atoms with E-state index in [-0.39, 0.29) is 36.2 Å². The summed E-state index contributed by atoms with van der Waals surface area (Å²) in [5, 5.41) is 11.3. The number of allylic oxidation sites excluding steroid dienone is 2. The summed E-state index contributed by atoms with van der Waals surface area (Å²) in [4.78, 5) is 75.1. The lowest BCUT2D eigenvalue weighted by molar-refractivity contribution is -0.127. The van der Waals surface area contributed by atoms with E-state index in [0.717, 1.165) is 11.1 Å². The molecule has 56 heavy (non-hydrogen) atoms. The van der Waals surface area contributed by atoms with Crippen LogP contribution in [0.25, 0.3) is 0 Å². The minimum Gasteiger partial charge on any atom is -0.507 e. The van der Waals surface area contributed by atoms with Crippen LogP contribution in [0.2, 0.25) is 5.02 Å². The van der Waals surface area contributed by atoms with Crippen molar-refractivity contribution in [2.24, 2.45) is 23.7 Å². The summed E-state index contributed by atoms with van der Waals surface area (Å²) < 4.78 is 0. The molecule has 2 heterocycles. The number of benzene rings is 5. The van der Waals surface area contributed by atoms with Crippen molar-refractivity contribution in [2.75, 3.05) is 9.80 Å². The smallest absolute Gasteiger partial charge is 0.246 e. The van der Waals surface area contributed by atoms with Crippen LogP contribution in [0.5, 0.6) is 5.75 Å². The van der Waals surface area contributed by atoms with Crippen LogP contribution in [0.1, 0.15) is 56.9 Å². The maximum atomic E-state index is 15.5. The zero-order chi connectivity index (χ0) is 39.0. The number of phenolic OH excluding ortho intramolecular Hbond substituents is 1. The molecule has 3 fully saturated rings. The average molecular weight is 761 g/mol. The van der Waals surface area contributed by atoms with Crippen LogP contribution in [-0.4, -0.2) is 34.5 Å². The molecule has 2 aliphatic carbocycles. The molecule has 8 nitrogen and oxygen atoms in total. The molecule has 0 radical (unpaired) electrons. The molecule has 2 aliphatic heterocycles. The van der Waals surface area contributed by atoms with Crippen molar-refractivity contribution < 1.29 is 29.1 Å². The monoisotopic (exact) mass is 760 g/mol. The summed E-state index contributed by atoms with van der Waals surface area (Å²) in [6.07, 6.45) is 2.45. The SMILES string of the molecule is Cc1cc([C@H]2C3=CC[C@@H]4C(=O)N(c5ccc(C(=O)c6ccccc6)cc5)C(=O)[C@@H]4[C@@H]3C[C@H]3C(=O)N(c4cccc(Cl)c4)C(=O)[C@@]23c2ccccc2)cc(C)c1O. The highest BCUT2D eigenvalue weighted by Gasteiger charge is 2.70. The fourth-order valence-electron chi connectivity index (χ4n) is 10.0. The van der Waals surface area contributed by atoms with E-state index in [1.807, 2.05) is 54.6 Å². The number of carbonyl (C=O) groups is 5. The first kappa shape index (κ1) is 35.6. The first-order chi connectivity index (χ1) is 27.0. The number of aryl methyl sites for hydroxylation is 2.